The lowest BCUT2D eigenvalue weighted by molar-refractivity contribution is -0.136. The van der Waals surface area contributed by atoms with Crippen molar-refractivity contribution in [2.24, 2.45) is 0 Å². The third-order valence-electron chi connectivity index (χ3n) is 5.64. The largest absolute Gasteiger partial charge is 0.419 e. The lowest BCUT2D eigenvalue weighted by Crippen LogP contribution is -2.52. The molecule has 1 unspecified atom stereocenters. The van der Waals surface area contributed by atoms with E-state index in [1.807, 2.05) is 0 Å². The fourth-order valence-corrected chi connectivity index (χ4v) is 3.92. The van der Waals surface area contributed by atoms with Gasteiger partial charge in [0, 0.05) is 36.2 Å². The number of anilines is 1. The number of halogens is 2. The second-order valence-electron chi connectivity index (χ2n) is 7.65. The van der Waals surface area contributed by atoms with E-state index in [0.717, 1.165) is 4.90 Å². The molecule has 1 fully saturated rings. The van der Waals surface area contributed by atoms with Gasteiger partial charge in [-0.2, -0.15) is 0 Å². The molecule has 0 saturated carbocycles. The molecule has 0 aliphatic carbocycles. The number of benzene rings is 2. The van der Waals surface area contributed by atoms with Crippen LogP contribution in [0.4, 0.5) is 14.9 Å². The summed E-state index contributed by atoms with van der Waals surface area (Å²) in [6.45, 7) is 1.71. The highest BCUT2D eigenvalue weighted by molar-refractivity contribution is 6.31. The van der Waals surface area contributed by atoms with Gasteiger partial charge in [0.05, 0.1) is 5.69 Å². The number of carbonyl (C=O) groups excluding carboxylic acids is 4. The van der Waals surface area contributed by atoms with Crippen molar-refractivity contribution in [1.82, 2.24) is 10.2 Å². The number of nitrogens with one attached hydrogen (secondary N) is 1. The Bertz CT molecular complexity index is 1170. The Morgan fingerprint density at radius 3 is 2.72 bits per heavy atom. The van der Waals surface area contributed by atoms with Crippen molar-refractivity contribution >= 4 is 41.1 Å². The van der Waals surface area contributed by atoms with Crippen LogP contribution in [0, 0.1) is 12.7 Å². The monoisotopic (exact) mass is 459 g/mol. The molecule has 2 heterocycles. The molecule has 2 aromatic carbocycles. The van der Waals surface area contributed by atoms with Crippen molar-refractivity contribution in [3.63, 3.8) is 0 Å². The van der Waals surface area contributed by atoms with Crippen LogP contribution < -0.4 is 15.0 Å². The molecule has 2 aliphatic heterocycles. The van der Waals surface area contributed by atoms with Crippen LogP contribution in [0.15, 0.2) is 30.3 Å². The van der Waals surface area contributed by atoms with E-state index in [-0.39, 0.29) is 53.2 Å². The quantitative estimate of drug-likeness (QED) is 0.711. The molecule has 0 aromatic heterocycles. The van der Waals surface area contributed by atoms with Gasteiger partial charge in [0.15, 0.2) is 5.82 Å². The number of fused-ring (bicyclic) bond motifs is 1. The normalized spacial score (nSPS) is 17.8. The highest BCUT2D eigenvalue weighted by atomic mass is 35.5. The fraction of sp³-hybridized carbons (Fsp3) is 0.273. The van der Waals surface area contributed by atoms with Crippen molar-refractivity contribution in [3.05, 3.63) is 57.9 Å². The number of rotatable bonds is 3. The lowest BCUT2D eigenvalue weighted by Gasteiger charge is -2.29. The second kappa shape index (κ2) is 8.23. The zero-order chi connectivity index (χ0) is 23.2. The van der Waals surface area contributed by atoms with Crippen molar-refractivity contribution in [1.29, 1.82) is 0 Å². The first-order chi connectivity index (χ1) is 15.2. The summed E-state index contributed by atoms with van der Waals surface area (Å²) in [5.41, 5.74) is 1.18. The maximum Gasteiger partial charge on any atom is 0.419 e. The molecule has 2 aromatic rings. The first-order valence-corrected chi connectivity index (χ1v) is 10.2. The topological polar surface area (TPSA) is 96.0 Å². The number of imide groups is 1. The molecule has 1 saturated heterocycles. The highest BCUT2D eigenvalue weighted by Crippen LogP contribution is 2.31. The predicted octanol–water partition coefficient (Wildman–Crippen LogP) is 3.18. The van der Waals surface area contributed by atoms with Crippen molar-refractivity contribution in [3.8, 4) is 5.75 Å². The van der Waals surface area contributed by atoms with E-state index in [9.17, 15) is 23.6 Å². The van der Waals surface area contributed by atoms with Crippen LogP contribution in [0.1, 0.15) is 34.3 Å². The number of amides is 4. The Morgan fingerprint density at radius 1 is 1.25 bits per heavy atom. The minimum absolute atomic E-state index is 0.00169. The molecule has 0 spiro atoms. The van der Waals surface area contributed by atoms with Gasteiger partial charge in [-0.15, -0.1) is 0 Å². The van der Waals surface area contributed by atoms with Gasteiger partial charge in [0.25, 0.3) is 5.91 Å². The SMILES string of the molecule is Cc1c(Cl)ccc(N(C)C(=O)Oc2ccc3c(c2)C(=O)N(C2CCC(=O)NC2=O)C3)c1F. The molecule has 166 valence electrons. The van der Waals surface area contributed by atoms with Crippen LogP contribution >= 0.6 is 11.6 Å². The minimum atomic E-state index is -0.849. The minimum Gasteiger partial charge on any atom is -0.410 e. The van der Waals surface area contributed by atoms with E-state index in [1.165, 1.54) is 43.1 Å². The Balaban J connectivity index is 1.50. The van der Waals surface area contributed by atoms with Crippen molar-refractivity contribution in [2.75, 3.05) is 11.9 Å². The van der Waals surface area contributed by atoms with E-state index < -0.39 is 23.9 Å². The Morgan fingerprint density at radius 2 is 2.00 bits per heavy atom. The van der Waals surface area contributed by atoms with Gasteiger partial charge in [0.1, 0.15) is 11.8 Å². The Kier molecular flexibility index (Phi) is 5.60. The number of ether oxygens (including phenoxy) is 1. The maximum atomic E-state index is 14.5. The average molecular weight is 460 g/mol. The van der Waals surface area contributed by atoms with Gasteiger partial charge < -0.3 is 9.64 Å². The zero-order valence-electron chi connectivity index (χ0n) is 17.3. The summed E-state index contributed by atoms with van der Waals surface area (Å²) < 4.78 is 19.8. The van der Waals surface area contributed by atoms with E-state index in [4.69, 9.17) is 16.3 Å². The van der Waals surface area contributed by atoms with Crippen LogP contribution in [0.2, 0.25) is 5.02 Å². The molecular weight excluding hydrogens is 441 g/mol. The molecule has 4 rings (SSSR count). The molecule has 1 atom stereocenters. The summed E-state index contributed by atoms with van der Waals surface area (Å²) in [5, 5.41) is 2.49. The number of hydrogen-bond donors (Lipinski definition) is 1. The van der Waals surface area contributed by atoms with Crippen molar-refractivity contribution in [2.45, 2.75) is 32.4 Å². The van der Waals surface area contributed by atoms with Gasteiger partial charge in [0.2, 0.25) is 11.8 Å². The smallest absolute Gasteiger partial charge is 0.410 e. The summed E-state index contributed by atoms with van der Waals surface area (Å²) in [5.74, 6) is -1.79. The summed E-state index contributed by atoms with van der Waals surface area (Å²) in [6, 6.07) is 6.69. The third-order valence-corrected chi connectivity index (χ3v) is 6.05. The Labute approximate surface area is 187 Å². The van der Waals surface area contributed by atoms with Gasteiger partial charge in [-0.05, 0) is 43.2 Å². The van der Waals surface area contributed by atoms with E-state index in [1.54, 1.807) is 6.07 Å². The number of hydrogen-bond acceptors (Lipinski definition) is 5. The van der Waals surface area contributed by atoms with Gasteiger partial charge in [-0.3, -0.25) is 24.6 Å². The molecule has 0 radical (unpaired) electrons. The highest BCUT2D eigenvalue weighted by Gasteiger charge is 2.39. The molecular formula is C22H19ClFN3O5. The predicted molar refractivity (Wildman–Crippen MR) is 113 cm³/mol. The molecule has 2 aliphatic rings. The van der Waals surface area contributed by atoms with Crippen LogP contribution in [-0.4, -0.2) is 41.8 Å². The molecule has 8 nitrogen and oxygen atoms in total. The molecule has 0 bridgehead atoms. The summed E-state index contributed by atoms with van der Waals surface area (Å²) in [4.78, 5) is 51.4. The first kappa shape index (κ1) is 21.8. The number of carbonyl (C=O) groups is 4. The standard InChI is InChI=1S/C22H19ClFN3O5/c1-11-15(23)5-6-16(19(11)24)26(2)22(31)32-13-4-3-12-10-27(21(30)14(12)9-13)17-7-8-18(28)25-20(17)29/h3-6,9,17H,7-8,10H2,1-2H3,(H,25,28,29). The molecule has 4 amide bonds. The number of nitrogens with zero attached hydrogens (tertiary/aromatic N) is 2. The Hall–Kier alpha value is -3.46. The molecule has 10 heteroatoms. The molecule has 32 heavy (non-hydrogen) atoms. The van der Waals surface area contributed by atoms with Crippen molar-refractivity contribution < 1.29 is 28.3 Å². The van der Waals surface area contributed by atoms with Gasteiger partial charge in [-0.1, -0.05) is 17.7 Å². The maximum absolute atomic E-state index is 14.5. The average Bonchev–Trinajstić information content (AvgIpc) is 3.07. The summed E-state index contributed by atoms with van der Waals surface area (Å²) in [6.07, 6.45) is -0.437. The fourth-order valence-electron chi connectivity index (χ4n) is 3.77. The van der Waals surface area contributed by atoms with Crippen LogP contribution in [0.5, 0.6) is 5.75 Å². The van der Waals surface area contributed by atoms with Gasteiger partial charge >= 0.3 is 6.09 Å². The van der Waals surface area contributed by atoms with E-state index in [2.05, 4.69) is 5.32 Å². The van der Waals surface area contributed by atoms with Gasteiger partial charge in [-0.25, -0.2) is 9.18 Å². The summed E-state index contributed by atoms with van der Waals surface area (Å²) in [7, 11) is 1.36. The number of piperidine rings is 1. The van der Waals surface area contributed by atoms with E-state index >= 15 is 0 Å². The van der Waals surface area contributed by atoms with E-state index in [0.29, 0.717) is 11.1 Å². The lowest BCUT2D eigenvalue weighted by atomic mass is 10.0. The first-order valence-electron chi connectivity index (χ1n) is 9.85. The summed E-state index contributed by atoms with van der Waals surface area (Å²) >= 11 is 5.90. The third kappa shape index (κ3) is 3.80. The molecule has 1 N–H and O–H groups in total. The zero-order valence-corrected chi connectivity index (χ0v) is 18.0. The van der Waals surface area contributed by atoms with Crippen LogP contribution in [-0.2, 0) is 16.1 Å². The van der Waals surface area contributed by atoms with Crippen LogP contribution in [0.25, 0.3) is 0 Å². The second-order valence-corrected chi connectivity index (χ2v) is 8.06. The van der Waals surface area contributed by atoms with Crippen LogP contribution in [0.3, 0.4) is 0 Å².